The van der Waals surface area contributed by atoms with Crippen LogP contribution in [0.15, 0.2) is 60.7 Å². The zero-order valence-electron chi connectivity index (χ0n) is 19.4. The fraction of sp³-hybridized carbons (Fsp3) is 0.400. The number of ketones is 1. The average Bonchev–Trinajstić information content (AvgIpc) is 2.91. The third-order valence-electron chi connectivity index (χ3n) is 4.82. The molecule has 0 aliphatic carbocycles. The van der Waals surface area contributed by atoms with Crippen LogP contribution >= 0.6 is 0 Å². The van der Waals surface area contributed by atoms with Gasteiger partial charge in [-0.1, -0.05) is 56.2 Å². The molecule has 0 bridgehead atoms. The molecule has 0 aliphatic heterocycles. The summed E-state index contributed by atoms with van der Waals surface area (Å²) >= 11 is 0. The van der Waals surface area contributed by atoms with Crippen molar-refractivity contribution in [3.63, 3.8) is 0 Å². The first-order chi connectivity index (χ1) is 16.7. The van der Waals surface area contributed by atoms with Gasteiger partial charge in [-0.15, -0.1) is 0 Å². The first kappa shape index (κ1) is 29.9. The fourth-order valence-electron chi connectivity index (χ4n) is 2.73. The predicted octanol–water partition coefficient (Wildman–Crippen LogP) is 1.19. The summed E-state index contributed by atoms with van der Waals surface area (Å²) in [6.07, 6.45) is -4.34. The topological polar surface area (TPSA) is 171 Å². The van der Waals surface area contributed by atoms with Crippen molar-refractivity contribution in [2.24, 2.45) is 0 Å². The standard InChI is InChI=1S/C14H10O4.C11H22O6/c15-13(11-7-3-1-4-8-11)17-18-14(16)12-9-5-2-6-10-12;1-2-3-4-5-7(13)9(15)11(17)10(16)8(14)6-12/h1-10H;8-12,14-17H,2-6H2,1H3. The van der Waals surface area contributed by atoms with E-state index in [1.165, 1.54) is 0 Å². The molecule has 0 saturated heterocycles. The maximum atomic E-state index is 11.5. The van der Waals surface area contributed by atoms with Crippen LogP contribution in [0.2, 0.25) is 0 Å². The quantitative estimate of drug-likeness (QED) is 0.174. The number of carbonyl (C=O) groups is 3. The molecule has 0 fully saturated rings. The number of aliphatic hydroxyl groups is 5. The van der Waals surface area contributed by atoms with Crippen LogP contribution in [-0.2, 0) is 14.6 Å². The number of unbranched alkanes of at least 4 members (excludes halogenated alkanes) is 2. The van der Waals surface area contributed by atoms with Gasteiger partial charge in [0.15, 0.2) is 5.78 Å². The van der Waals surface area contributed by atoms with Crippen LogP contribution in [0.3, 0.4) is 0 Å². The van der Waals surface area contributed by atoms with Crippen LogP contribution in [0.5, 0.6) is 0 Å². The van der Waals surface area contributed by atoms with Crippen molar-refractivity contribution >= 4 is 17.7 Å². The smallest absolute Gasteiger partial charge is 0.386 e. The van der Waals surface area contributed by atoms with Gasteiger partial charge in [-0.3, -0.25) is 4.79 Å². The molecule has 2 rings (SSSR count). The third-order valence-corrected chi connectivity index (χ3v) is 4.82. The summed E-state index contributed by atoms with van der Waals surface area (Å²) in [6.45, 7) is 1.21. The fourth-order valence-corrected chi connectivity index (χ4v) is 2.73. The van der Waals surface area contributed by atoms with E-state index < -0.39 is 48.7 Å². The van der Waals surface area contributed by atoms with Crippen molar-refractivity contribution in [2.45, 2.75) is 57.0 Å². The van der Waals surface area contributed by atoms with Gasteiger partial charge in [0, 0.05) is 6.42 Å². The molecule has 35 heavy (non-hydrogen) atoms. The molecule has 0 radical (unpaired) electrons. The molecular weight excluding hydrogens is 460 g/mol. The summed E-state index contributed by atoms with van der Waals surface area (Å²) in [4.78, 5) is 43.3. The molecule has 4 atom stereocenters. The minimum absolute atomic E-state index is 0.119. The number of rotatable bonds is 11. The molecule has 0 aliphatic rings. The molecule has 0 heterocycles. The van der Waals surface area contributed by atoms with Gasteiger partial charge in [-0.25, -0.2) is 19.4 Å². The van der Waals surface area contributed by atoms with Crippen LogP contribution in [0.25, 0.3) is 0 Å². The van der Waals surface area contributed by atoms with Gasteiger partial charge in [0.25, 0.3) is 0 Å². The summed E-state index contributed by atoms with van der Waals surface area (Å²) in [7, 11) is 0. The van der Waals surface area contributed by atoms with E-state index >= 15 is 0 Å². The molecular formula is C25H32O10. The first-order valence-electron chi connectivity index (χ1n) is 11.1. The Balaban J connectivity index is 0.000000351. The number of Topliss-reactive ketones (excluding diaryl/α,β-unsaturated/α-hetero) is 1. The molecule has 0 amide bonds. The van der Waals surface area contributed by atoms with E-state index in [4.69, 9.17) is 10.2 Å². The Morgan fingerprint density at radius 1 is 0.743 bits per heavy atom. The number of hydrogen-bond acceptors (Lipinski definition) is 10. The van der Waals surface area contributed by atoms with Crippen LogP contribution in [0, 0.1) is 0 Å². The van der Waals surface area contributed by atoms with Crippen molar-refractivity contribution in [3.05, 3.63) is 71.8 Å². The zero-order valence-corrected chi connectivity index (χ0v) is 19.4. The SMILES string of the molecule is CCCCCC(=O)C(O)C(O)C(O)C(O)CO.O=C(OOC(=O)c1ccccc1)c1ccccc1. The highest BCUT2D eigenvalue weighted by Gasteiger charge is 2.33. The summed E-state index contributed by atoms with van der Waals surface area (Å²) in [6, 6.07) is 16.6. The Morgan fingerprint density at radius 3 is 1.60 bits per heavy atom. The highest BCUT2D eigenvalue weighted by Crippen LogP contribution is 2.10. The van der Waals surface area contributed by atoms with Crippen molar-refractivity contribution in [2.75, 3.05) is 6.61 Å². The monoisotopic (exact) mass is 492 g/mol. The highest BCUT2D eigenvalue weighted by atomic mass is 17.2. The van der Waals surface area contributed by atoms with E-state index in [0.29, 0.717) is 17.5 Å². The largest absolute Gasteiger partial charge is 0.394 e. The molecule has 0 saturated carbocycles. The summed E-state index contributed by atoms with van der Waals surface area (Å²) in [5.74, 6) is -1.99. The molecule has 4 unspecified atom stereocenters. The van der Waals surface area contributed by atoms with E-state index in [1.54, 1.807) is 60.7 Å². The summed E-state index contributed by atoms with van der Waals surface area (Å²) in [5, 5.41) is 45.8. The number of aliphatic hydroxyl groups excluding tert-OH is 5. The van der Waals surface area contributed by atoms with E-state index in [9.17, 15) is 29.7 Å². The molecule has 2 aromatic rings. The van der Waals surface area contributed by atoms with Crippen molar-refractivity contribution in [1.82, 2.24) is 0 Å². The highest BCUT2D eigenvalue weighted by molar-refractivity contribution is 5.92. The first-order valence-corrected chi connectivity index (χ1v) is 11.1. The second-order valence-electron chi connectivity index (χ2n) is 7.57. The summed E-state index contributed by atoms with van der Waals surface area (Å²) < 4.78 is 0. The molecule has 2 aromatic carbocycles. The Morgan fingerprint density at radius 2 is 1.20 bits per heavy atom. The van der Waals surface area contributed by atoms with Gasteiger partial charge in [0.05, 0.1) is 17.7 Å². The minimum atomic E-state index is -1.79. The van der Waals surface area contributed by atoms with Crippen LogP contribution in [-0.4, -0.2) is 74.3 Å². The maximum Gasteiger partial charge on any atom is 0.386 e. The normalized spacial score (nSPS) is 13.9. The van der Waals surface area contributed by atoms with Crippen molar-refractivity contribution in [3.8, 4) is 0 Å². The molecule has 10 nitrogen and oxygen atoms in total. The van der Waals surface area contributed by atoms with Crippen LogP contribution in [0.1, 0.15) is 53.3 Å². The lowest BCUT2D eigenvalue weighted by molar-refractivity contribution is -0.187. The Bertz CT molecular complexity index is 836. The van der Waals surface area contributed by atoms with Gasteiger partial charge in [0.1, 0.15) is 24.4 Å². The van der Waals surface area contributed by atoms with E-state index in [0.717, 1.165) is 12.8 Å². The van der Waals surface area contributed by atoms with E-state index in [1.807, 2.05) is 6.92 Å². The van der Waals surface area contributed by atoms with Crippen molar-refractivity contribution < 1.29 is 49.7 Å². The Labute approximate surface area is 203 Å². The van der Waals surface area contributed by atoms with Gasteiger partial charge in [0.2, 0.25) is 0 Å². The second-order valence-corrected chi connectivity index (χ2v) is 7.57. The summed E-state index contributed by atoms with van der Waals surface area (Å²) in [5.41, 5.74) is 0.636. The lowest BCUT2D eigenvalue weighted by Crippen LogP contribution is -2.48. The molecule has 10 heteroatoms. The van der Waals surface area contributed by atoms with E-state index in [-0.39, 0.29) is 6.42 Å². The predicted molar refractivity (Wildman–Crippen MR) is 124 cm³/mol. The van der Waals surface area contributed by atoms with Crippen LogP contribution < -0.4 is 0 Å². The number of carbonyl (C=O) groups excluding carboxylic acids is 3. The molecule has 0 spiro atoms. The van der Waals surface area contributed by atoms with Crippen LogP contribution in [0.4, 0.5) is 0 Å². The zero-order chi connectivity index (χ0) is 26.2. The average molecular weight is 493 g/mol. The molecule has 5 N–H and O–H groups in total. The third kappa shape index (κ3) is 10.8. The lowest BCUT2D eigenvalue weighted by Gasteiger charge is -2.24. The van der Waals surface area contributed by atoms with Gasteiger partial charge >= 0.3 is 11.9 Å². The minimum Gasteiger partial charge on any atom is -0.394 e. The Kier molecular flexibility index (Phi) is 14.1. The lowest BCUT2D eigenvalue weighted by atomic mass is 9.97. The maximum absolute atomic E-state index is 11.5. The molecule has 192 valence electrons. The van der Waals surface area contributed by atoms with Gasteiger partial charge < -0.3 is 25.5 Å². The Hall–Kier alpha value is -3.15. The van der Waals surface area contributed by atoms with Gasteiger partial charge in [-0.2, -0.15) is 0 Å². The number of benzene rings is 2. The second kappa shape index (κ2) is 16.5. The van der Waals surface area contributed by atoms with Gasteiger partial charge in [-0.05, 0) is 30.7 Å². The molecule has 0 aromatic heterocycles. The number of hydrogen-bond donors (Lipinski definition) is 5. The van der Waals surface area contributed by atoms with E-state index in [2.05, 4.69) is 9.78 Å². The van der Waals surface area contributed by atoms with Crippen molar-refractivity contribution in [1.29, 1.82) is 0 Å².